The maximum atomic E-state index is 11.5. The van der Waals surface area contributed by atoms with Crippen LogP contribution in [0, 0.1) is 0 Å². The second-order valence-corrected chi connectivity index (χ2v) is 6.19. The first-order chi connectivity index (χ1) is 11.2. The van der Waals surface area contributed by atoms with Crippen molar-refractivity contribution in [1.29, 1.82) is 0 Å². The van der Waals surface area contributed by atoms with E-state index in [1.807, 2.05) is 25.1 Å². The third-order valence-corrected chi connectivity index (χ3v) is 4.62. The molecule has 0 aromatic heterocycles. The molecule has 1 aliphatic heterocycles. The van der Waals surface area contributed by atoms with Crippen molar-refractivity contribution in [2.45, 2.75) is 50.8 Å². The van der Waals surface area contributed by atoms with Crippen molar-refractivity contribution in [2.24, 2.45) is 0 Å². The molecular weight excluding hydrogens is 292 g/mol. The largest absolute Gasteiger partial charge is 0.395 e. The van der Waals surface area contributed by atoms with Crippen LogP contribution in [-0.2, 0) is 11.2 Å². The number of nitrogens with zero attached hydrogens (tertiary/aromatic N) is 1. The Balaban J connectivity index is 1.89. The van der Waals surface area contributed by atoms with Crippen molar-refractivity contribution in [3.8, 4) is 0 Å². The number of benzene rings is 1. The molecule has 1 heterocycles. The van der Waals surface area contributed by atoms with Crippen LogP contribution in [0.2, 0.25) is 0 Å². The van der Waals surface area contributed by atoms with Gasteiger partial charge in [0, 0.05) is 19.0 Å². The molecule has 1 amide bonds. The molecular formula is C18H28N2O3. The number of aliphatic hydroxyl groups is 2. The summed E-state index contributed by atoms with van der Waals surface area (Å²) in [6.07, 6.45) is 2.47. The molecule has 3 atom stereocenters. The first-order valence-corrected chi connectivity index (χ1v) is 8.51. The van der Waals surface area contributed by atoms with Gasteiger partial charge >= 0.3 is 0 Å². The molecule has 3 N–H and O–H groups in total. The van der Waals surface area contributed by atoms with E-state index in [1.165, 1.54) is 5.56 Å². The van der Waals surface area contributed by atoms with Gasteiger partial charge in [0.05, 0.1) is 18.8 Å². The number of hydrogen-bond acceptors (Lipinski definition) is 4. The SMILES string of the molecule is CCC(=O)NC[C@@H]1C[C@H](O)C(CO)N1CCCc1ccccc1. The van der Waals surface area contributed by atoms with Crippen LogP contribution in [0.15, 0.2) is 30.3 Å². The Morgan fingerprint density at radius 1 is 1.35 bits per heavy atom. The minimum atomic E-state index is -0.528. The van der Waals surface area contributed by atoms with Gasteiger partial charge in [-0.1, -0.05) is 37.3 Å². The van der Waals surface area contributed by atoms with Gasteiger partial charge in [-0.2, -0.15) is 0 Å². The molecule has 0 aliphatic carbocycles. The fraction of sp³-hybridized carbons (Fsp3) is 0.611. The van der Waals surface area contributed by atoms with Gasteiger partial charge in [0.25, 0.3) is 0 Å². The molecule has 2 rings (SSSR count). The molecule has 0 saturated carbocycles. The van der Waals surface area contributed by atoms with E-state index in [4.69, 9.17) is 0 Å². The summed E-state index contributed by atoms with van der Waals surface area (Å²) in [6.45, 7) is 3.12. The Bertz CT molecular complexity index is 480. The van der Waals surface area contributed by atoms with Crippen LogP contribution in [0.4, 0.5) is 0 Å². The highest BCUT2D eigenvalue weighted by Crippen LogP contribution is 2.24. The third-order valence-electron chi connectivity index (χ3n) is 4.62. The van der Waals surface area contributed by atoms with Crippen molar-refractivity contribution < 1.29 is 15.0 Å². The molecule has 0 spiro atoms. The zero-order chi connectivity index (χ0) is 16.7. The van der Waals surface area contributed by atoms with Gasteiger partial charge in [-0.3, -0.25) is 9.69 Å². The van der Waals surface area contributed by atoms with E-state index in [0.717, 1.165) is 19.4 Å². The molecule has 1 unspecified atom stereocenters. The summed E-state index contributed by atoms with van der Waals surface area (Å²) in [6, 6.07) is 10.2. The Morgan fingerprint density at radius 3 is 2.74 bits per heavy atom. The maximum Gasteiger partial charge on any atom is 0.219 e. The van der Waals surface area contributed by atoms with Crippen LogP contribution in [0.1, 0.15) is 31.7 Å². The monoisotopic (exact) mass is 320 g/mol. The quantitative estimate of drug-likeness (QED) is 0.667. The molecule has 1 saturated heterocycles. The second kappa shape index (κ2) is 9.01. The molecule has 1 aromatic rings. The zero-order valence-electron chi connectivity index (χ0n) is 13.8. The lowest BCUT2D eigenvalue weighted by Crippen LogP contribution is -2.46. The number of hydrogen-bond donors (Lipinski definition) is 3. The van der Waals surface area contributed by atoms with Gasteiger partial charge in [0.1, 0.15) is 0 Å². The molecule has 5 heteroatoms. The number of carbonyl (C=O) groups is 1. The van der Waals surface area contributed by atoms with E-state index in [9.17, 15) is 15.0 Å². The van der Waals surface area contributed by atoms with Crippen LogP contribution in [0.3, 0.4) is 0 Å². The highest BCUT2D eigenvalue weighted by atomic mass is 16.3. The Morgan fingerprint density at radius 2 is 2.09 bits per heavy atom. The van der Waals surface area contributed by atoms with E-state index >= 15 is 0 Å². The number of likely N-dealkylation sites (tertiary alicyclic amines) is 1. The normalized spacial score (nSPS) is 24.7. The van der Waals surface area contributed by atoms with Gasteiger partial charge < -0.3 is 15.5 Å². The molecule has 0 radical (unpaired) electrons. The summed E-state index contributed by atoms with van der Waals surface area (Å²) in [7, 11) is 0. The summed E-state index contributed by atoms with van der Waals surface area (Å²) < 4.78 is 0. The van der Waals surface area contributed by atoms with E-state index in [1.54, 1.807) is 0 Å². The number of rotatable bonds is 8. The van der Waals surface area contributed by atoms with Crippen LogP contribution >= 0.6 is 0 Å². The lowest BCUT2D eigenvalue weighted by atomic mass is 10.1. The van der Waals surface area contributed by atoms with Crippen molar-refractivity contribution in [3.63, 3.8) is 0 Å². The molecule has 1 aliphatic rings. The third kappa shape index (κ3) is 5.03. The Labute approximate surface area is 138 Å². The first kappa shape index (κ1) is 17.9. The van der Waals surface area contributed by atoms with Crippen molar-refractivity contribution in [1.82, 2.24) is 10.2 Å². The maximum absolute atomic E-state index is 11.5. The fourth-order valence-corrected chi connectivity index (χ4v) is 3.31. The summed E-state index contributed by atoms with van der Waals surface area (Å²) in [4.78, 5) is 13.6. The van der Waals surface area contributed by atoms with Crippen molar-refractivity contribution in [3.05, 3.63) is 35.9 Å². The zero-order valence-corrected chi connectivity index (χ0v) is 13.8. The van der Waals surface area contributed by atoms with Crippen LogP contribution in [0.5, 0.6) is 0 Å². The average molecular weight is 320 g/mol. The highest BCUT2D eigenvalue weighted by Gasteiger charge is 2.39. The van der Waals surface area contributed by atoms with Gasteiger partial charge in [-0.05, 0) is 31.4 Å². The number of amides is 1. The summed E-state index contributed by atoms with van der Waals surface area (Å²) in [5.74, 6) is 0.0242. The minimum Gasteiger partial charge on any atom is -0.395 e. The number of nitrogens with one attached hydrogen (secondary N) is 1. The Kier molecular flexibility index (Phi) is 7.02. The van der Waals surface area contributed by atoms with Gasteiger partial charge in [-0.25, -0.2) is 0 Å². The molecule has 0 bridgehead atoms. The predicted octanol–water partition coefficient (Wildman–Crippen LogP) is 0.942. The molecule has 1 fully saturated rings. The van der Waals surface area contributed by atoms with Gasteiger partial charge in [0.15, 0.2) is 0 Å². The standard InChI is InChI=1S/C18H28N2O3/c1-2-18(23)19-12-15-11-17(22)16(13-21)20(15)10-6-9-14-7-4-3-5-8-14/h3-5,7-8,15-17,21-22H,2,6,9-13H2,1H3,(H,19,23)/t15-,16?,17-/m0/s1. The van der Waals surface area contributed by atoms with E-state index < -0.39 is 6.10 Å². The number of aliphatic hydroxyl groups excluding tert-OH is 2. The van der Waals surface area contributed by atoms with Crippen molar-refractivity contribution in [2.75, 3.05) is 19.7 Å². The Hall–Kier alpha value is -1.43. The minimum absolute atomic E-state index is 0.0242. The van der Waals surface area contributed by atoms with Crippen molar-refractivity contribution >= 4 is 5.91 Å². The lowest BCUT2D eigenvalue weighted by molar-refractivity contribution is -0.121. The number of aryl methyl sites for hydroxylation is 1. The average Bonchev–Trinajstić information content (AvgIpc) is 2.88. The van der Waals surface area contributed by atoms with Gasteiger partial charge in [0.2, 0.25) is 5.91 Å². The van der Waals surface area contributed by atoms with E-state index in [2.05, 4.69) is 22.3 Å². The smallest absolute Gasteiger partial charge is 0.219 e. The van der Waals surface area contributed by atoms with Crippen LogP contribution in [0.25, 0.3) is 0 Å². The molecule has 23 heavy (non-hydrogen) atoms. The van der Waals surface area contributed by atoms with E-state index in [0.29, 0.717) is 19.4 Å². The van der Waals surface area contributed by atoms with E-state index in [-0.39, 0.29) is 24.6 Å². The second-order valence-electron chi connectivity index (χ2n) is 6.19. The molecule has 1 aromatic carbocycles. The van der Waals surface area contributed by atoms with Crippen LogP contribution in [-0.4, -0.2) is 58.9 Å². The summed E-state index contributed by atoms with van der Waals surface area (Å²) in [5.41, 5.74) is 1.30. The topological polar surface area (TPSA) is 72.8 Å². The highest BCUT2D eigenvalue weighted by molar-refractivity contribution is 5.75. The first-order valence-electron chi connectivity index (χ1n) is 8.51. The molecule has 5 nitrogen and oxygen atoms in total. The fourth-order valence-electron chi connectivity index (χ4n) is 3.31. The van der Waals surface area contributed by atoms with Gasteiger partial charge in [-0.15, -0.1) is 0 Å². The predicted molar refractivity (Wildman–Crippen MR) is 90.1 cm³/mol. The lowest BCUT2D eigenvalue weighted by Gasteiger charge is -2.29. The van der Waals surface area contributed by atoms with Crippen LogP contribution < -0.4 is 5.32 Å². The summed E-state index contributed by atoms with van der Waals surface area (Å²) >= 11 is 0. The molecule has 128 valence electrons. The number of carbonyl (C=O) groups excluding carboxylic acids is 1. The summed E-state index contributed by atoms with van der Waals surface area (Å²) in [5, 5.41) is 22.6.